The van der Waals surface area contributed by atoms with Crippen LogP contribution in [0.1, 0.15) is 80.6 Å². The molecule has 4 N–H and O–H groups in total. The Morgan fingerprint density at radius 2 is 2.00 bits per heavy atom. The average Bonchev–Trinajstić information content (AvgIpc) is 3.74. The molecule has 2 fully saturated rings. The number of nitrogens with one attached hydrogen (secondary N) is 2. The molecule has 0 unspecified atom stereocenters. The number of carbonyl (C=O) groups excluding carboxylic acids is 2. The Labute approximate surface area is 274 Å². The van der Waals surface area contributed by atoms with Crippen LogP contribution in [0, 0.1) is 24.1 Å². The fourth-order valence-electron chi connectivity index (χ4n) is 6.68. The first-order valence-corrected chi connectivity index (χ1v) is 15.7. The molecule has 3 aromatic rings. The maximum absolute atomic E-state index is 15.7. The number of halogens is 4. The molecule has 0 radical (unpaired) electrons. The van der Waals surface area contributed by atoms with E-state index in [0.717, 1.165) is 6.07 Å². The predicted molar refractivity (Wildman–Crippen MR) is 170 cm³/mol. The third kappa shape index (κ3) is 5.95. The van der Waals surface area contributed by atoms with Crippen molar-refractivity contribution in [3.63, 3.8) is 0 Å². The summed E-state index contributed by atoms with van der Waals surface area (Å²) in [5, 5.41) is 20.6. The Hall–Kier alpha value is -5.00. The number of nitriles is 1. The zero-order chi connectivity index (χ0) is 34.7. The van der Waals surface area contributed by atoms with E-state index in [1.54, 1.807) is 13.0 Å². The number of aromatic nitrogens is 3. The van der Waals surface area contributed by atoms with Gasteiger partial charge in [0.1, 0.15) is 41.1 Å². The van der Waals surface area contributed by atoms with Gasteiger partial charge in [-0.05, 0) is 76.8 Å². The number of piperidine rings is 1. The lowest BCUT2D eigenvalue weighted by Crippen LogP contribution is -2.53. The highest BCUT2D eigenvalue weighted by atomic mass is 19.4. The van der Waals surface area contributed by atoms with Crippen molar-refractivity contribution >= 4 is 29.2 Å². The van der Waals surface area contributed by atoms with Gasteiger partial charge < -0.3 is 21.3 Å². The molecule has 2 amide bonds. The van der Waals surface area contributed by atoms with E-state index in [9.17, 15) is 28.0 Å². The number of amidine groups is 1. The van der Waals surface area contributed by atoms with Gasteiger partial charge in [0.25, 0.3) is 5.91 Å². The molecule has 1 aromatic carbocycles. The van der Waals surface area contributed by atoms with Crippen LogP contribution in [0.5, 0.6) is 0 Å². The number of benzene rings is 1. The van der Waals surface area contributed by atoms with Gasteiger partial charge in [0.15, 0.2) is 5.82 Å². The summed E-state index contributed by atoms with van der Waals surface area (Å²) in [6.07, 6.45) is -2.76. The molecule has 2 atom stereocenters. The van der Waals surface area contributed by atoms with Crippen molar-refractivity contribution < 1.29 is 27.2 Å². The van der Waals surface area contributed by atoms with Crippen molar-refractivity contribution in [3.8, 4) is 17.2 Å². The van der Waals surface area contributed by atoms with Crippen LogP contribution in [0.15, 0.2) is 29.3 Å². The fraction of sp³-hybridized carbons (Fsp3) is 0.455. The lowest BCUT2D eigenvalue weighted by Gasteiger charge is -2.42. The van der Waals surface area contributed by atoms with E-state index in [1.165, 1.54) is 16.8 Å². The molecule has 48 heavy (non-hydrogen) atoms. The number of pyridine rings is 1. The van der Waals surface area contributed by atoms with Gasteiger partial charge in [0, 0.05) is 47.8 Å². The van der Waals surface area contributed by atoms with Crippen molar-refractivity contribution in [2.75, 3.05) is 16.8 Å². The van der Waals surface area contributed by atoms with Crippen molar-refractivity contribution in [2.24, 2.45) is 10.7 Å². The van der Waals surface area contributed by atoms with Crippen molar-refractivity contribution in [3.05, 3.63) is 58.3 Å². The highest BCUT2D eigenvalue weighted by molar-refractivity contribution is 6.16. The second kappa shape index (κ2) is 11.9. The summed E-state index contributed by atoms with van der Waals surface area (Å²) in [5.41, 5.74) is 5.64. The molecule has 11 nitrogen and oxygen atoms in total. The number of hydrogen-bond donors (Lipinski definition) is 3. The number of anilines is 2. The quantitative estimate of drug-likeness (QED) is 0.293. The van der Waals surface area contributed by atoms with Crippen LogP contribution in [0.3, 0.4) is 0 Å². The fourth-order valence-corrected chi connectivity index (χ4v) is 6.68. The van der Waals surface area contributed by atoms with Gasteiger partial charge in [-0.15, -0.1) is 0 Å². The van der Waals surface area contributed by atoms with Gasteiger partial charge in [0.2, 0.25) is 5.91 Å². The number of alkyl halides is 3. The number of hydrogen-bond acceptors (Lipinski definition) is 8. The Morgan fingerprint density at radius 3 is 2.60 bits per heavy atom. The number of nitrogens with zero attached hydrogens (tertiary/aromatic N) is 6. The molecule has 1 saturated heterocycles. The first kappa shape index (κ1) is 32.9. The van der Waals surface area contributed by atoms with Crippen molar-refractivity contribution in [1.82, 2.24) is 20.1 Å². The summed E-state index contributed by atoms with van der Waals surface area (Å²) in [5.74, 6) is -1.20. The maximum Gasteiger partial charge on any atom is 0.433 e. The number of carbonyl (C=O) groups is 2. The second-order valence-corrected chi connectivity index (χ2v) is 13.0. The van der Waals surface area contributed by atoms with Crippen molar-refractivity contribution in [1.29, 1.82) is 5.26 Å². The third-order valence-corrected chi connectivity index (χ3v) is 9.06. The van der Waals surface area contributed by atoms with E-state index in [-0.39, 0.29) is 60.9 Å². The highest BCUT2D eigenvalue weighted by Gasteiger charge is 2.49. The number of nitrogens with two attached hydrogens (primary N) is 1. The molecule has 4 heterocycles. The van der Waals surface area contributed by atoms with Crippen LogP contribution in [-0.4, -0.2) is 56.6 Å². The van der Waals surface area contributed by atoms with E-state index in [2.05, 4.69) is 20.7 Å². The summed E-state index contributed by atoms with van der Waals surface area (Å²) < 4.78 is 57.4. The molecular weight excluding hydrogens is 630 g/mol. The summed E-state index contributed by atoms with van der Waals surface area (Å²) in [6.45, 7) is 7.48. The number of amides is 2. The smallest absolute Gasteiger partial charge is 0.368 e. The Kier molecular flexibility index (Phi) is 8.17. The molecule has 6 rings (SSSR count). The Balaban J connectivity index is 1.34. The lowest BCUT2D eigenvalue weighted by atomic mass is 9.83. The van der Waals surface area contributed by atoms with E-state index < -0.39 is 35.2 Å². The molecular formula is C33H35F4N9O2. The largest absolute Gasteiger partial charge is 0.433 e. The maximum atomic E-state index is 15.7. The molecule has 15 heteroatoms. The molecule has 2 aromatic heterocycles. The summed E-state index contributed by atoms with van der Waals surface area (Å²) in [6, 6.07) is 6.74. The van der Waals surface area contributed by atoms with Crippen LogP contribution >= 0.6 is 0 Å². The highest BCUT2D eigenvalue weighted by Crippen LogP contribution is 2.44. The van der Waals surface area contributed by atoms with Gasteiger partial charge >= 0.3 is 6.18 Å². The minimum atomic E-state index is -4.60. The second-order valence-electron chi connectivity index (χ2n) is 13.0. The number of primary amides is 1. The van der Waals surface area contributed by atoms with E-state index in [0.29, 0.717) is 46.7 Å². The van der Waals surface area contributed by atoms with Crippen molar-refractivity contribution in [2.45, 2.75) is 89.6 Å². The zero-order valence-electron chi connectivity index (χ0n) is 26.9. The van der Waals surface area contributed by atoms with Crippen LogP contribution in [0.2, 0.25) is 0 Å². The SMILES string of the molecule is Cc1c(-c2cc(F)c(C#N)c(N3CC[C@]4(C[C@@H]3C)N=C(c3ccc(C(F)(F)F)nc3C3CC3)NC4=O)c2)c(NC(C)C)nn1CC(N)=O. The predicted octanol–water partition coefficient (Wildman–Crippen LogP) is 4.77. The van der Waals surface area contributed by atoms with Crippen LogP contribution in [0.25, 0.3) is 11.1 Å². The zero-order valence-corrected chi connectivity index (χ0v) is 26.9. The summed E-state index contributed by atoms with van der Waals surface area (Å²) in [7, 11) is 0. The Morgan fingerprint density at radius 1 is 1.27 bits per heavy atom. The number of rotatable bonds is 8. The normalized spacial score (nSPS) is 21.0. The van der Waals surface area contributed by atoms with Gasteiger partial charge in [-0.3, -0.25) is 19.3 Å². The summed E-state index contributed by atoms with van der Waals surface area (Å²) >= 11 is 0. The molecule has 3 aliphatic rings. The van der Waals surface area contributed by atoms with Gasteiger partial charge in [-0.25, -0.2) is 9.37 Å². The molecule has 1 saturated carbocycles. The minimum Gasteiger partial charge on any atom is -0.368 e. The van der Waals surface area contributed by atoms with Gasteiger partial charge in [0.05, 0.1) is 11.4 Å². The topological polar surface area (TPSA) is 154 Å². The van der Waals surface area contributed by atoms with E-state index >= 15 is 4.39 Å². The molecule has 1 spiro atoms. The van der Waals surface area contributed by atoms with Crippen LogP contribution in [0.4, 0.5) is 29.1 Å². The first-order chi connectivity index (χ1) is 22.6. The van der Waals surface area contributed by atoms with Gasteiger partial charge in [-0.2, -0.15) is 23.5 Å². The third-order valence-electron chi connectivity index (χ3n) is 9.06. The van der Waals surface area contributed by atoms with Crippen LogP contribution < -0.4 is 21.3 Å². The minimum absolute atomic E-state index is 0.0391. The lowest BCUT2D eigenvalue weighted by molar-refractivity contribution is -0.141. The Bertz CT molecular complexity index is 1890. The monoisotopic (exact) mass is 665 g/mol. The number of aliphatic imine (C=N–C) groups is 1. The van der Waals surface area contributed by atoms with Gasteiger partial charge in [-0.1, -0.05) is 0 Å². The van der Waals surface area contributed by atoms with Crippen LogP contribution in [-0.2, 0) is 22.3 Å². The first-order valence-electron chi connectivity index (χ1n) is 15.7. The van der Waals surface area contributed by atoms with E-state index in [4.69, 9.17) is 10.7 Å². The van der Waals surface area contributed by atoms with E-state index in [1.807, 2.05) is 31.7 Å². The molecule has 252 valence electrons. The molecule has 0 bridgehead atoms. The molecule has 1 aliphatic carbocycles. The molecule has 2 aliphatic heterocycles. The summed E-state index contributed by atoms with van der Waals surface area (Å²) in [4.78, 5) is 35.8. The average molecular weight is 666 g/mol. The standard InChI is InChI=1S/C33H35F4N9O2/c1-16(2)40-30-27(18(4)46(44-30)15-26(39)47)20-11-23(34)22(14-38)24(12-20)45-10-9-32(13-17(45)3)31(48)42-29(43-32)21-7-8-25(33(35,36)37)41-28(21)19-5-6-19/h7-8,11-12,16-17,19H,5-6,9-10,13,15H2,1-4H3,(H2,39,47)(H,40,44)(H,42,43,48)/t17-,32+/m0/s1.